The number of halogens is 3. The molecule has 1 aliphatic carbocycles. The molecule has 1 aromatic heterocycles. The van der Waals surface area contributed by atoms with Crippen LogP contribution in [-0.4, -0.2) is 47.3 Å². The number of nitrogens with zero attached hydrogens (tertiary/aromatic N) is 3. The van der Waals surface area contributed by atoms with Gasteiger partial charge in [-0.2, -0.15) is 13.2 Å². The Morgan fingerprint density at radius 1 is 1.04 bits per heavy atom. The summed E-state index contributed by atoms with van der Waals surface area (Å²) in [6, 6.07) is 4.00. The first-order chi connectivity index (χ1) is 13.5. The molecule has 0 unspecified atom stereocenters. The molecule has 1 saturated carbocycles. The number of fused-ring (bicyclic) bond motifs is 1. The van der Waals surface area contributed by atoms with E-state index in [1.165, 1.54) is 31.4 Å². The number of aryl methyl sites for hydroxylation is 1. The fraction of sp³-hybridized carbons (Fsp3) is 0.667. The summed E-state index contributed by atoms with van der Waals surface area (Å²) in [7, 11) is 0. The van der Waals surface area contributed by atoms with Gasteiger partial charge in [0.25, 0.3) is 0 Å². The lowest BCUT2D eigenvalue weighted by Crippen LogP contribution is -2.37. The molecule has 0 spiro atoms. The van der Waals surface area contributed by atoms with E-state index in [-0.39, 0.29) is 0 Å². The van der Waals surface area contributed by atoms with Crippen LogP contribution in [0, 0.1) is 0 Å². The first-order valence-corrected chi connectivity index (χ1v) is 10.4. The van der Waals surface area contributed by atoms with Gasteiger partial charge < -0.3 is 9.30 Å². The van der Waals surface area contributed by atoms with Crippen LogP contribution in [0.15, 0.2) is 18.2 Å². The van der Waals surface area contributed by atoms with Crippen LogP contribution in [0.1, 0.15) is 55.8 Å². The molecule has 1 aliphatic heterocycles. The van der Waals surface area contributed by atoms with Gasteiger partial charge in [0.15, 0.2) is 0 Å². The number of morpholine rings is 1. The number of hydrogen-bond donors (Lipinski definition) is 0. The van der Waals surface area contributed by atoms with Crippen molar-refractivity contribution in [2.24, 2.45) is 0 Å². The van der Waals surface area contributed by atoms with E-state index >= 15 is 0 Å². The highest BCUT2D eigenvalue weighted by Crippen LogP contribution is 2.36. The predicted octanol–water partition coefficient (Wildman–Crippen LogP) is 4.83. The molecule has 2 aliphatic rings. The molecule has 0 radical (unpaired) electrons. The monoisotopic (exact) mass is 395 g/mol. The van der Waals surface area contributed by atoms with Crippen molar-refractivity contribution >= 4 is 11.0 Å². The Bertz CT molecular complexity index is 790. The molecule has 1 saturated heterocycles. The Labute approximate surface area is 163 Å². The molecule has 154 valence electrons. The van der Waals surface area contributed by atoms with Crippen LogP contribution in [-0.2, 0) is 17.5 Å². The van der Waals surface area contributed by atoms with E-state index in [2.05, 4.69) is 9.47 Å². The summed E-state index contributed by atoms with van der Waals surface area (Å²) in [6.07, 6.45) is 2.39. The van der Waals surface area contributed by atoms with Crippen LogP contribution >= 0.6 is 0 Å². The summed E-state index contributed by atoms with van der Waals surface area (Å²) in [6.45, 7) is 5.24. The fourth-order valence-corrected chi connectivity index (χ4v) is 4.51. The lowest BCUT2D eigenvalue weighted by Gasteiger charge is -2.27. The molecule has 28 heavy (non-hydrogen) atoms. The van der Waals surface area contributed by atoms with Gasteiger partial charge in [-0.25, -0.2) is 4.98 Å². The molecule has 0 bridgehead atoms. The summed E-state index contributed by atoms with van der Waals surface area (Å²) in [5, 5.41) is 0. The van der Waals surface area contributed by atoms with Crippen LogP contribution in [0.3, 0.4) is 0 Å². The van der Waals surface area contributed by atoms with Crippen molar-refractivity contribution in [3.63, 3.8) is 0 Å². The van der Waals surface area contributed by atoms with Gasteiger partial charge in [-0.1, -0.05) is 19.3 Å². The molecule has 7 heteroatoms. The predicted molar refractivity (Wildman–Crippen MR) is 102 cm³/mol. The third kappa shape index (κ3) is 4.35. The molecule has 0 N–H and O–H groups in total. The molecule has 2 heterocycles. The number of hydrogen-bond acceptors (Lipinski definition) is 3. The van der Waals surface area contributed by atoms with Gasteiger partial charge in [-0.05, 0) is 37.5 Å². The van der Waals surface area contributed by atoms with Crippen molar-refractivity contribution in [1.29, 1.82) is 0 Å². The maximum absolute atomic E-state index is 13.1. The Morgan fingerprint density at radius 3 is 2.50 bits per heavy atom. The third-order valence-electron chi connectivity index (χ3n) is 6.04. The Hall–Kier alpha value is -1.60. The minimum atomic E-state index is -4.33. The van der Waals surface area contributed by atoms with E-state index in [4.69, 9.17) is 9.72 Å². The summed E-state index contributed by atoms with van der Waals surface area (Å²) >= 11 is 0. The summed E-state index contributed by atoms with van der Waals surface area (Å²) < 4.78 is 47.0. The standard InChI is InChI=1S/C21H28F3N3O/c22-21(23,24)17-7-8-19-18(15-17)25-20(16-5-2-1-3-6-16)27(19)10-4-9-26-11-13-28-14-12-26/h7-8,15-16H,1-6,9-14H2. The lowest BCUT2D eigenvalue weighted by molar-refractivity contribution is -0.137. The minimum Gasteiger partial charge on any atom is -0.379 e. The molecular weight excluding hydrogens is 367 g/mol. The van der Waals surface area contributed by atoms with Crippen LogP contribution < -0.4 is 0 Å². The third-order valence-corrected chi connectivity index (χ3v) is 6.04. The van der Waals surface area contributed by atoms with E-state index in [1.54, 1.807) is 6.07 Å². The molecule has 2 fully saturated rings. The highest BCUT2D eigenvalue weighted by molar-refractivity contribution is 5.77. The average molecular weight is 395 g/mol. The van der Waals surface area contributed by atoms with Crippen LogP contribution in [0.25, 0.3) is 11.0 Å². The van der Waals surface area contributed by atoms with Crippen LogP contribution in [0.5, 0.6) is 0 Å². The van der Waals surface area contributed by atoms with Crippen LogP contribution in [0.4, 0.5) is 13.2 Å². The normalized spacial score (nSPS) is 20.1. The quantitative estimate of drug-likeness (QED) is 0.727. The number of rotatable bonds is 5. The largest absolute Gasteiger partial charge is 0.416 e. The summed E-state index contributed by atoms with van der Waals surface area (Å²) in [5.41, 5.74) is 0.686. The van der Waals surface area contributed by atoms with Crippen molar-refractivity contribution < 1.29 is 17.9 Å². The van der Waals surface area contributed by atoms with E-state index < -0.39 is 11.7 Å². The molecule has 1 aromatic carbocycles. The highest BCUT2D eigenvalue weighted by Gasteiger charge is 2.31. The zero-order chi connectivity index (χ0) is 19.6. The smallest absolute Gasteiger partial charge is 0.379 e. The Kier molecular flexibility index (Phi) is 5.92. The van der Waals surface area contributed by atoms with Gasteiger partial charge in [0.05, 0.1) is 29.8 Å². The average Bonchev–Trinajstić information content (AvgIpc) is 3.07. The number of ether oxygens (including phenoxy) is 1. The van der Waals surface area contributed by atoms with Gasteiger partial charge in [0.1, 0.15) is 5.82 Å². The molecule has 0 amide bonds. The number of aromatic nitrogens is 2. The molecule has 4 rings (SSSR count). The van der Waals surface area contributed by atoms with E-state index in [0.29, 0.717) is 11.4 Å². The topological polar surface area (TPSA) is 30.3 Å². The Balaban J connectivity index is 1.59. The fourth-order valence-electron chi connectivity index (χ4n) is 4.51. The van der Waals surface area contributed by atoms with E-state index in [0.717, 1.165) is 70.0 Å². The van der Waals surface area contributed by atoms with Crippen molar-refractivity contribution in [2.45, 2.75) is 57.2 Å². The maximum Gasteiger partial charge on any atom is 0.416 e. The maximum atomic E-state index is 13.1. The number of alkyl halides is 3. The summed E-state index contributed by atoms with van der Waals surface area (Å²) in [5.74, 6) is 1.34. The second-order valence-corrected chi connectivity index (χ2v) is 7.97. The van der Waals surface area contributed by atoms with Crippen molar-refractivity contribution in [3.8, 4) is 0 Å². The number of imidazole rings is 1. The van der Waals surface area contributed by atoms with Gasteiger partial charge in [-0.3, -0.25) is 4.90 Å². The number of benzene rings is 1. The Morgan fingerprint density at radius 2 is 1.79 bits per heavy atom. The van der Waals surface area contributed by atoms with Crippen molar-refractivity contribution in [2.75, 3.05) is 32.8 Å². The first-order valence-electron chi connectivity index (χ1n) is 10.4. The van der Waals surface area contributed by atoms with E-state index in [9.17, 15) is 13.2 Å². The molecule has 4 nitrogen and oxygen atoms in total. The van der Waals surface area contributed by atoms with Crippen LogP contribution in [0.2, 0.25) is 0 Å². The second-order valence-electron chi connectivity index (χ2n) is 7.97. The van der Waals surface area contributed by atoms with E-state index in [1.807, 2.05) is 0 Å². The van der Waals surface area contributed by atoms with Gasteiger partial charge >= 0.3 is 6.18 Å². The van der Waals surface area contributed by atoms with Crippen molar-refractivity contribution in [3.05, 3.63) is 29.6 Å². The molecule has 0 atom stereocenters. The summed E-state index contributed by atoms with van der Waals surface area (Å²) in [4.78, 5) is 7.10. The van der Waals surface area contributed by atoms with Gasteiger partial charge in [0, 0.05) is 32.1 Å². The SMILES string of the molecule is FC(F)(F)c1ccc2c(c1)nc(C1CCCCC1)n2CCCN1CCOCC1. The van der Waals surface area contributed by atoms with Gasteiger partial charge in [0.2, 0.25) is 0 Å². The molecular formula is C21H28F3N3O. The zero-order valence-corrected chi connectivity index (χ0v) is 16.2. The molecule has 2 aromatic rings. The highest BCUT2D eigenvalue weighted by atomic mass is 19.4. The van der Waals surface area contributed by atoms with Gasteiger partial charge in [-0.15, -0.1) is 0 Å². The van der Waals surface area contributed by atoms with Crippen molar-refractivity contribution in [1.82, 2.24) is 14.5 Å². The zero-order valence-electron chi connectivity index (χ0n) is 16.2. The minimum absolute atomic E-state index is 0.360. The lowest BCUT2D eigenvalue weighted by atomic mass is 9.88. The first kappa shape index (κ1) is 19.7. The second kappa shape index (κ2) is 8.41.